The molecule has 2 N–H and O–H groups in total. The first-order valence-electron chi connectivity index (χ1n) is 11.2. The fourth-order valence-electron chi connectivity index (χ4n) is 4.39. The minimum Gasteiger partial charge on any atom is -0.335 e. The highest BCUT2D eigenvalue weighted by atomic mass is 35.5. The van der Waals surface area contributed by atoms with Gasteiger partial charge in [0.25, 0.3) is 0 Å². The number of rotatable bonds is 6. The quantitative estimate of drug-likeness (QED) is 0.380. The first-order valence-corrected chi connectivity index (χ1v) is 11.6. The normalized spacial score (nSPS) is 16.0. The van der Waals surface area contributed by atoms with Gasteiger partial charge in [0.1, 0.15) is 5.82 Å². The van der Waals surface area contributed by atoms with Crippen molar-refractivity contribution in [2.75, 3.05) is 0 Å². The second-order valence-corrected chi connectivity index (χ2v) is 8.92. The van der Waals surface area contributed by atoms with Gasteiger partial charge in [-0.05, 0) is 60.9 Å². The van der Waals surface area contributed by atoms with Crippen molar-refractivity contribution < 1.29 is 22.4 Å². The monoisotopic (exact) mass is 506 g/mol. The highest BCUT2D eigenvalue weighted by molar-refractivity contribution is 6.30. The SMILES string of the molecule is O=C(NC1CCCC1)N[C@@H](c1ccc(Cl)cn1)C(c1cc(F)cc(C(F)(F)F)c1)c1ccccn1. The van der Waals surface area contributed by atoms with Gasteiger partial charge in [0.05, 0.1) is 33.9 Å². The Labute approximate surface area is 204 Å². The predicted molar refractivity (Wildman–Crippen MR) is 123 cm³/mol. The number of carbonyl (C=O) groups is 1. The molecule has 0 spiro atoms. The van der Waals surface area contributed by atoms with E-state index in [9.17, 15) is 22.4 Å². The van der Waals surface area contributed by atoms with Gasteiger partial charge in [0.2, 0.25) is 0 Å². The Balaban J connectivity index is 1.81. The second-order valence-electron chi connectivity index (χ2n) is 8.48. The lowest BCUT2D eigenvalue weighted by molar-refractivity contribution is -0.137. The minimum atomic E-state index is -4.76. The molecule has 0 bridgehead atoms. The van der Waals surface area contributed by atoms with Crippen LogP contribution in [0, 0.1) is 5.82 Å². The first-order chi connectivity index (χ1) is 16.7. The van der Waals surface area contributed by atoms with Crippen LogP contribution in [0.2, 0.25) is 5.02 Å². The molecule has 1 aliphatic rings. The van der Waals surface area contributed by atoms with Crippen LogP contribution in [-0.4, -0.2) is 22.0 Å². The summed E-state index contributed by atoms with van der Waals surface area (Å²) >= 11 is 5.99. The highest BCUT2D eigenvalue weighted by Gasteiger charge is 2.35. The average Bonchev–Trinajstić information content (AvgIpc) is 3.32. The van der Waals surface area contributed by atoms with Crippen molar-refractivity contribution in [3.05, 3.63) is 94.3 Å². The van der Waals surface area contributed by atoms with Crippen molar-refractivity contribution in [2.45, 2.75) is 49.9 Å². The first kappa shape index (κ1) is 24.9. The number of carbonyl (C=O) groups excluding carboxylic acids is 1. The number of hydrogen-bond acceptors (Lipinski definition) is 3. The molecule has 3 aromatic rings. The summed E-state index contributed by atoms with van der Waals surface area (Å²) in [5, 5.41) is 6.12. The molecule has 0 saturated heterocycles. The summed E-state index contributed by atoms with van der Waals surface area (Å²) in [5.74, 6) is -2.02. The Kier molecular flexibility index (Phi) is 7.54. The van der Waals surface area contributed by atoms with Crippen LogP contribution < -0.4 is 10.6 Å². The van der Waals surface area contributed by atoms with E-state index >= 15 is 0 Å². The molecule has 2 atom stereocenters. The van der Waals surface area contributed by atoms with Crippen LogP contribution in [0.25, 0.3) is 0 Å². The highest BCUT2D eigenvalue weighted by Crippen LogP contribution is 2.39. The van der Waals surface area contributed by atoms with Crippen LogP contribution in [0.5, 0.6) is 0 Å². The molecule has 184 valence electrons. The van der Waals surface area contributed by atoms with Crippen molar-refractivity contribution in [3.8, 4) is 0 Å². The lowest BCUT2D eigenvalue weighted by Crippen LogP contribution is -2.44. The van der Waals surface area contributed by atoms with Crippen molar-refractivity contribution in [2.24, 2.45) is 0 Å². The average molecular weight is 507 g/mol. The number of amides is 2. The lowest BCUT2D eigenvalue weighted by atomic mass is 9.85. The molecule has 2 amide bonds. The second kappa shape index (κ2) is 10.6. The van der Waals surface area contributed by atoms with E-state index in [2.05, 4.69) is 20.6 Å². The fourth-order valence-corrected chi connectivity index (χ4v) is 4.50. The molecule has 1 unspecified atom stereocenters. The smallest absolute Gasteiger partial charge is 0.335 e. The van der Waals surface area contributed by atoms with Crippen molar-refractivity contribution in [1.29, 1.82) is 0 Å². The van der Waals surface area contributed by atoms with Crippen molar-refractivity contribution >= 4 is 17.6 Å². The van der Waals surface area contributed by atoms with E-state index in [0.717, 1.165) is 37.8 Å². The van der Waals surface area contributed by atoms with Gasteiger partial charge in [-0.15, -0.1) is 0 Å². The number of pyridine rings is 2. The number of nitrogens with one attached hydrogen (secondary N) is 2. The Morgan fingerprint density at radius 3 is 2.43 bits per heavy atom. The van der Waals surface area contributed by atoms with Gasteiger partial charge in [0, 0.05) is 18.4 Å². The molecule has 5 nitrogen and oxygen atoms in total. The van der Waals surface area contributed by atoms with Gasteiger partial charge in [-0.25, -0.2) is 9.18 Å². The minimum absolute atomic E-state index is 0.000980. The van der Waals surface area contributed by atoms with Gasteiger partial charge < -0.3 is 10.6 Å². The van der Waals surface area contributed by atoms with E-state index in [-0.39, 0.29) is 11.6 Å². The summed E-state index contributed by atoms with van der Waals surface area (Å²) in [6, 6.07) is 8.96. The molecule has 1 aliphatic carbocycles. The molecule has 2 aromatic heterocycles. The van der Waals surface area contributed by atoms with Gasteiger partial charge in [-0.2, -0.15) is 13.2 Å². The molecule has 1 saturated carbocycles. The summed E-state index contributed by atoms with van der Waals surface area (Å²) in [6.07, 6.45) is 1.81. The molecule has 35 heavy (non-hydrogen) atoms. The van der Waals surface area contributed by atoms with Gasteiger partial charge >= 0.3 is 12.2 Å². The molecule has 2 heterocycles. The van der Waals surface area contributed by atoms with Crippen molar-refractivity contribution in [1.82, 2.24) is 20.6 Å². The third-order valence-corrected chi connectivity index (χ3v) is 6.22. The number of benzene rings is 1. The van der Waals surface area contributed by atoms with Gasteiger partial charge in [-0.3, -0.25) is 9.97 Å². The molecule has 4 rings (SSSR count). The summed E-state index contributed by atoms with van der Waals surface area (Å²) in [6.45, 7) is 0. The van der Waals surface area contributed by atoms with E-state index in [0.29, 0.717) is 22.5 Å². The maximum Gasteiger partial charge on any atom is 0.416 e. The van der Waals surface area contributed by atoms with E-state index in [1.807, 2.05) is 0 Å². The Hall–Kier alpha value is -3.20. The van der Waals surface area contributed by atoms with E-state index in [4.69, 9.17) is 11.6 Å². The Morgan fingerprint density at radius 1 is 1.03 bits per heavy atom. The summed E-state index contributed by atoms with van der Waals surface area (Å²) in [7, 11) is 0. The van der Waals surface area contributed by atoms with Gasteiger partial charge in [-0.1, -0.05) is 30.5 Å². The molecular formula is C25H23ClF4N4O. The Morgan fingerprint density at radius 2 is 1.80 bits per heavy atom. The number of alkyl halides is 3. The van der Waals surface area contributed by atoms with Crippen LogP contribution in [0.1, 0.15) is 60.2 Å². The molecule has 10 heteroatoms. The maximum atomic E-state index is 14.4. The van der Waals surface area contributed by atoms with Crippen LogP contribution >= 0.6 is 11.6 Å². The number of nitrogens with zero attached hydrogens (tertiary/aromatic N) is 2. The zero-order chi connectivity index (χ0) is 25.0. The molecule has 0 aliphatic heterocycles. The van der Waals surface area contributed by atoms with E-state index in [1.165, 1.54) is 12.4 Å². The van der Waals surface area contributed by atoms with Crippen molar-refractivity contribution in [3.63, 3.8) is 0 Å². The third kappa shape index (κ3) is 6.28. The van der Waals surface area contributed by atoms with Crippen LogP contribution in [-0.2, 0) is 6.18 Å². The molecule has 1 fully saturated rings. The number of aromatic nitrogens is 2. The zero-order valence-corrected chi connectivity index (χ0v) is 19.3. The largest absolute Gasteiger partial charge is 0.416 e. The fraction of sp³-hybridized carbons (Fsp3) is 0.320. The standard InChI is InChI=1S/C25H23ClF4N4O/c26-17-8-9-21(32-14-17)23(34-24(35)33-19-5-1-2-6-19)22(20-7-3-4-10-31-20)15-11-16(25(28,29)30)13-18(27)12-15/h3-4,7-14,19,22-23H,1-2,5-6H2,(H2,33,34,35)/t22?,23-/m0/s1. The summed E-state index contributed by atoms with van der Waals surface area (Å²) < 4.78 is 55.0. The van der Waals surface area contributed by atoms with E-state index in [1.54, 1.807) is 30.3 Å². The van der Waals surface area contributed by atoms with Crippen LogP contribution in [0.15, 0.2) is 60.9 Å². The molecular weight excluding hydrogens is 484 g/mol. The maximum absolute atomic E-state index is 14.4. The number of halogens is 5. The van der Waals surface area contributed by atoms with Gasteiger partial charge in [0.15, 0.2) is 0 Å². The van der Waals surface area contributed by atoms with Crippen LogP contribution in [0.4, 0.5) is 22.4 Å². The zero-order valence-electron chi connectivity index (χ0n) is 18.5. The lowest BCUT2D eigenvalue weighted by Gasteiger charge is -2.29. The van der Waals surface area contributed by atoms with E-state index < -0.39 is 35.5 Å². The molecule has 0 radical (unpaired) electrons. The topological polar surface area (TPSA) is 66.9 Å². The summed E-state index contributed by atoms with van der Waals surface area (Å²) in [4.78, 5) is 21.6. The predicted octanol–water partition coefficient (Wildman–Crippen LogP) is 6.40. The number of urea groups is 1. The summed E-state index contributed by atoms with van der Waals surface area (Å²) in [5.41, 5.74) is -0.454. The third-order valence-electron chi connectivity index (χ3n) is 5.99. The molecule has 1 aromatic carbocycles. The van der Waals surface area contributed by atoms with Crippen LogP contribution in [0.3, 0.4) is 0 Å². The number of hydrogen-bond donors (Lipinski definition) is 2. The Bertz CT molecular complexity index is 1150.